The van der Waals surface area contributed by atoms with Gasteiger partial charge in [-0.1, -0.05) is 11.6 Å². The highest BCUT2D eigenvalue weighted by molar-refractivity contribution is 6.30. The van der Waals surface area contributed by atoms with Crippen LogP contribution in [0.15, 0.2) is 48.5 Å². The van der Waals surface area contributed by atoms with Crippen LogP contribution in [0, 0.1) is 11.7 Å². The second-order valence-corrected chi connectivity index (χ2v) is 6.56. The van der Waals surface area contributed by atoms with Gasteiger partial charge in [-0.25, -0.2) is 4.39 Å². The summed E-state index contributed by atoms with van der Waals surface area (Å²) in [5.74, 6) is 0.620. The van der Waals surface area contributed by atoms with Crippen molar-refractivity contribution in [1.29, 1.82) is 0 Å². The third kappa shape index (κ3) is 5.10. The fourth-order valence-corrected chi connectivity index (χ4v) is 3.00. The summed E-state index contributed by atoms with van der Waals surface area (Å²) in [5, 5.41) is 3.54. The molecule has 1 atom stereocenters. The molecule has 0 bridgehead atoms. The first-order valence-electron chi connectivity index (χ1n) is 8.26. The Morgan fingerprint density at radius 3 is 2.64 bits per heavy atom. The maximum atomic E-state index is 13.0. The Bertz CT molecular complexity index is 706. The summed E-state index contributed by atoms with van der Waals surface area (Å²) in [4.78, 5) is 14.1. The molecule has 6 heteroatoms. The van der Waals surface area contributed by atoms with Gasteiger partial charge < -0.3 is 15.0 Å². The molecule has 25 heavy (non-hydrogen) atoms. The minimum Gasteiger partial charge on any atom is -0.484 e. The predicted octanol–water partition coefficient (Wildman–Crippen LogP) is 3.50. The molecular formula is C19H20ClFN2O2. The van der Waals surface area contributed by atoms with Crippen molar-refractivity contribution >= 4 is 23.2 Å². The zero-order valence-corrected chi connectivity index (χ0v) is 14.5. The van der Waals surface area contributed by atoms with E-state index in [4.69, 9.17) is 16.3 Å². The third-order valence-corrected chi connectivity index (χ3v) is 4.50. The Balaban J connectivity index is 1.39. The standard InChI is InChI=1S/C19H20ClFN2O2/c20-15-1-7-18(8-2-15)25-13-19(24)22-11-14-9-10-23(12-14)17-5-3-16(21)4-6-17/h1-8,14H,9-13H2,(H,22,24). The molecule has 1 heterocycles. The Morgan fingerprint density at radius 1 is 1.20 bits per heavy atom. The number of anilines is 1. The van der Waals surface area contributed by atoms with E-state index in [1.54, 1.807) is 36.4 Å². The summed E-state index contributed by atoms with van der Waals surface area (Å²) in [6.07, 6.45) is 0.996. The molecule has 1 fully saturated rings. The van der Waals surface area contributed by atoms with E-state index in [0.29, 0.717) is 23.2 Å². The van der Waals surface area contributed by atoms with E-state index in [-0.39, 0.29) is 18.3 Å². The van der Waals surface area contributed by atoms with Gasteiger partial charge in [0.2, 0.25) is 0 Å². The molecule has 2 aromatic rings. The lowest BCUT2D eigenvalue weighted by Gasteiger charge is -2.18. The number of rotatable bonds is 6. The molecule has 1 saturated heterocycles. The molecule has 0 radical (unpaired) electrons. The largest absolute Gasteiger partial charge is 0.484 e. The molecule has 132 valence electrons. The van der Waals surface area contributed by atoms with Gasteiger partial charge in [0.25, 0.3) is 5.91 Å². The number of halogens is 2. The molecule has 1 unspecified atom stereocenters. The maximum Gasteiger partial charge on any atom is 0.257 e. The smallest absolute Gasteiger partial charge is 0.257 e. The lowest BCUT2D eigenvalue weighted by Crippen LogP contribution is -2.34. The lowest BCUT2D eigenvalue weighted by molar-refractivity contribution is -0.123. The maximum absolute atomic E-state index is 13.0. The number of nitrogens with one attached hydrogen (secondary N) is 1. The molecular weight excluding hydrogens is 343 g/mol. The average Bonchev–Trinajstić information content (AvgIpc) is 3.09. The Morgan fingerprint density at radius 2 is 1.92 bits per heavy atom. The molecule has 2 aromatic carbocycles. The highest BCUT2D eigenvalue weighted by Gasteiger charge is 2.23. The monoisotopic (exact) mass is 362 g/mol. The molecule has 1 aliphatic heterocycles. The highest BCUT2D eigenvalue weighted by atomic mass is 35.5. The van der Waals surface area contributed by atoms with Crippen LogP contribution < -0.4 is 15.0 Å². The quantitative estimate of drug-likeness (QED) is 0.855. The van der Waals surface area contributed by atoms with Gasteiger partial charge in [0.05, 0.1) is 0 Å². The van der Waals surface area contributed by atoms with E-state index in [2.05, 4.69) is 10.2 Å². The van der Waals surface area contributed by atoms with E-state index in [9.17, 15) is 9.18 Å². The highest BCUT2D eigenvalue weighted by Crippen LogP contribution is 2.23. The van der Waals surface area contributed by atoms with Crippen LogP contribution in [0.5, 0.6) is 5.75 Å². The topological polar surface area (TPSA) is 41.6 Å². The summed E-state index contributed by atoms with van der Waals surface area (Å²) >= 11 is 5.80. The van der Waals surface area contributed by atoms with Crippen molar-refractivity contribution < 1.29 is 13.9 Å². The number of hydrogen-bond donors (Lipinski definition) is 1. The van der Waals surface area contributed by atoms with Crippen molar-refractivity contribution in [2.45, 2.75) is 6.42 Å². The van der Waals surface area contributed by atoms with Gasteiger partial charge in [0.1, 0.15) is 11.6 Å². The molecule has 0 aromatic heterocycles. The van der Waals surface area contributed by atoms with Gasteiger partial charge in [-0.15, -0.1) is 0 Å². The Labute approximate surface area is 151 Å². The Hall–Kier alpha value is -2.27. The summed E-state index contributed by atoms with van der Waals surface area (Å²) in [5.41, 5.74) is 1.02. The van der Waals surface area contributed by atoms with Crippen molar-refractivity contribution in [3.8, 4) is 5.75 Å². The van der Waals surface area contributed by atoms with Gasteiger partial charge in [0, 0.05) is 30.3 Å². The molecule has 0 aliphatic carbocycles. The molecule has 1 N–H and O–H groups in total. The first-order valence-corrected chi connectivity index (χ1v) is 8.63. The van der Waals surface area contributed by atoms with Crippen LogP contribution in [0.3, 0.4) is 0 Å². The van der Waals surface area contributed by atoms with E-state index in [1.807, 2.05) is 0 Å². The van der Waals surface area contributed by atoms with Gasteiger partial charge >= 0.3 is 0 Å². The van der Waals surface area contributed by atoms with Crippen molar-refractivity contribution in [2.75, 3.05) is 31.1 Å². The molecule has 1 aliphatic rings. The zero-order valence-electron chi connectivity index (χ0n) is 13.8. The summed E-state index contributed by atoms with van der Waals surface area (Å²) in [7, 11) is 0. The number of carbonyl (C=O) groups is 1. The molecule has 0 spiro atoms. The van der Waals surface area contributed by atoms with Crippen LogP contribution in [0.4, 0.5) is 10.1 Å². The van der Waals surface area contributed by atoms with E-state index in [0.717, 1.165) is 25.2 Å². The normalized spacial score (nSPS) is 16.7. The number of ether oxygens (including phenoxy) is 1. The van der Waals surface area contributed by atoms with Gasteiger partial charge in [-0.2, -0.15) is 0 Å². The number of hydrogen-bond acceptors (Lipinski definition) is 3. The number of benzene rings is 2. The molecule has 0 saturated carbocycles. The average molecular weight is 363 g/mol. The van der Waals surface area contributed by atoms with Gasteiger partial charge in [0.15, 0.2) is 6.61 Å². The van der Waals surface area contributed by atoms with Crippen LogP contribution in [-0.2, 0) is 4.79 Å². The fourth-order valence-electron chi connectivity index (χ4n) is 2.87. The van der Waals surface area contributed by atoms with E-state index in [1.165, 1.54) is 12.1 Å². The second-order valence-electron chi connectivity index (χ2n) is 6.12. The van der Waals surface area contributed by atoms with Gasteiger partial charge in [-0.3, -0.25) is 4.79 Å². The van der Waals surface area contributed by atoms with Crippen molar-refractivity contribution in [1.82, 2.24) is 5.32 Å². The number of carbonyl (C=O) groups excluding carboxylic acids is 1. The fraction of sp³-hybridized carbons (Fsp3) is 0.316. The van der Waals surface area contributed by atoms with Crippen LogP contribution >= 0.6 is 11.6 Å². The number of nitrogens with zero attached hydrogens (tertiary/aromatic N) is 1. The van der Waals surface area contributed by atoms with Crippen molar-refractivity contribution in [3.63, 3.8) is 0 Å². The van der Waals surface area contributed by atoms with Crippen LogP contribution in [0.2, 0.25) is 5.02 Å². The van der Waals surface area contributed by atoms with Gasteiger partial charge in [-0.05, 0) is 60.9 Å². The van der Waals surface area contributed by atoms with Crippen LogP contribution in [0.25, 0.3) is 0 Å². The van der Waals surface area contributed by atoms with E-state index < -0.39 is 0 Å². The Kier molecular flexibility index (Phi) is 5.76. The first kappa shape index (κ1) is 17.5. The SMILES string of the molecule is O=C(COc1ccc(Cl)cc1)NCC1CCN(c2ccc(F)cc2)C1. The predicted molar refractivity (Wildman–Crippen MR) is 96.7 cm³/mol. The first-order chi connectivity index (χ1) is 12.1. The van der Waals surface area contributed by atoms with E-state index >= 15 is 0 Å². The minimum absolute atomic E-state index is 0.0178. The van der Waals surface area contributed by atoms with Crippen LogP contribution in [0.1, 0.15) is 6.42 Å². The summed E-state index contributed by atoms with van der Waals surface area (Å²) in [6, 6.07) is 13.4. The second kappa shape index (κ2) is 8.21. The lowest BCUT2D eigenvalue weighted by atomic mass is 10.1. The molecule has 3 rings (SSSR count). The minimum atomic E-state index is -0.229. The van der Waals surface area contributed by atoms with Crippen molar-refractivity contribution in [3.05, 3.63) is 59.4 Å². The van der Waals surface area contributed by atoms with Crippen LogP contribution in [-0.4, -0.2) is 32.1 Å². The number of amides is 1. The summed E-state index contributed by atoms with van der Waals surface area (Å²) in [6.45, 7) is 2.36. The zero-order chi connectivity index (χ0) is 17.6. The molecule has 1 amide bonds. The van der Waals surface area contributed by atoms with Crippen molar-refractivity contribution in [2.24, 2.45) is 5.92 Å². The summed E-state index contributed by atoms with van der Waals surface area (Å²) < 4.78 is 18.4. The molecule has 4 nitrogen and oxygen atoms in total. The third-order valence-electron chi connectivity index (χ3n) is 4.25.